The molecule has 4 heteroatoms. The van der Waals surface area contributed by atoms with Gasteiger partial charge in [0.2, 0.25) is 0 Å². The van der Waals surface area contributed by atoms with Crippen LogP contribution in [0, 0.1) is 5.92 Å². The van der Waals surface area contributed by atoms with Crippen LogP contribution in [0.25, 0.3) is 0 Å². The third kappa shape index (κ3) is 1.85. The molecule has 1 saturated heterocycles. The summed E-state index contributed by atoms with van der Waals surface area (Å²) < 4.78 is 0. The number of nitrogen functional groups attached to an aromatic ring is 1. The van der Waals surface area contributed by atoms with Crippen LogP contribution in [-0.2, 0) is 0 Å². The van der Waals surface area contributed by atoms with Gasteiger partial charge in [0.05, 0.1) is 29.0 Å². The molecule has 2 rings (SSSR count). The lowest BCUT2D eigenvalue weighted by molar-refractivity contribution is 0.245. The summed E-state index contributed by atoms with van der Waals surface area (Å²) in [7, 11) is 0. The van der Waals surface area contributed by atoms with Crippen molar-refractivity contribution in [2.75, 3.05) is 23.8 Å². The largest absolute Gasteiger partial charge is 0.397 e. The summed E-state index contributed by atoms with van der Waals surface area (Å²) in [5, 5.41) is 10.1. The van der Waals surface area contributed by atoms with Crippen molar-refractivity contribution in [2.24, 2.45) is 5.92 Å². The van der Waals surface area contributed by atoms with Crippen molar-refractivity contribution < 1.29 is 5.11 Å². The zero-order valence-electron chi connectivity index (χ0n) is 9.36. The van der Waals surface area contributed by atoms with E-state index >= 15 is 0 Å². The SMILES string of the molecule is CC1CCN(c2c(N)cccc2Cl)C1CO. The zero-order valence-corrected chi connectivity index (χ0v) is 10.1. The number of benzene rings is 1. The number of hydrogen-bond acceptors (Lipinski definition) is 3. The summed E-state index contributed by atoms with van der Waals surface area (Å²) in [6.07, 6.45) is 1.07. The standard InChI is InChI=1S/C12H17ClN2O/c1-8-5-6-15(11(8)7-16)12-9(13)3-2-4-10(12)14/h2-4,8,11,16H,5-7,14H2,1H3. The Kier molecular flexibility index (Phi) is 3.26. The first-order valence-electron chi connectivity index (χ1n) is 5.56. The van der Waals surface area contributed by atoms with Gasteiger partial charge in [-0.15, -0.1) is 0 Å². The topological polar surface area (TPSA) is 49.5 Å². The molecular weight excluding hydrogens is 224 g/mol. The zero-order chi connectivity index (χ0) is 11.7. The van der Waals surface area contributed by atoms with Crippen LogP contribution < -0.4 is 10.6 Å². The van der Waals surface area contributed by atoms with Gasteiger partial charge in [-0.1, -0.05) is 24.6 Å². The lowest BCUT2D eigenvalue weighted by atomic mass is 10.0. The normalized spacial score (nSPS) is 25.1. The van der Waals surface area contributed by atoms with Crippen molar-refractivity contribution in [1.29, 1.82) is 0 Å². The maximum absolute atomic E-state index is 9.42. The number of aliphatic hydroxyl groups is 1. The number of nitrogens with zero attached hydrogens (tertiary/aromatic N) is 1. The smallest absolute Gasteiger partial charge is 0.0792 e. The molecular formula is C12H17ClN2O. The second-order valence-electron chi connectivity index (χ2n) is 4.39. The van der Waals surface area contributed by atoms with Gasteiger partial charge in [0, 0.05) is 6.54 Å². The number of rotatable bonds is 2. The molecule has 0 aliphatic carbocycles. The molecule has 1 fully saturated rings. The molecule has 1 aliphatic rings. The summed E-state index contributed by atoms with van der Waals surface area (Å²) >= 11 is 6.18. The van der Waals surface area contributed by atoms with Gasteiger partial charge in [0.15, 0.2) is 0 Å². The van der Waals surface area contributed by atoms with Crippen LogP contribution in [0.1, 0.15) is 13.3 Å². The summed E-state index contributed by atoms with van der Waals surface area (Å²) in [6, 6.07) is 5.65. The Balaban J connectivity index is 2.37. The van der Waals surface area contributed by atoms with Gasteiger partial charge in [-0.25, -0.2) is 0 Å². The van der Waals surface area contributed by atoms with E-state index in [1.807, 2.05) is 18.2 Å². The molecule has 0 radical (unpaired) electrons. The molecule has 1 heterocycles. The fourth-order valence-corrected chi connectivity index (χ4v) is 2.69. The maximum atomic E-state index is 9.42. The third-order valence-electron chi connectivity index (χ3n) is 3.37. The highest BCUT2D eigenvalue weighted by Gasteiger charge is 2.32. The van der Waals surface area contributed by atoms with Gasteiger partial charge in [-0.2, -0.15) is 0 Å². The first-order chi connectivity index (χ1) is 7.65. The van der Waals surface area contributed by atoms with E-state index in [1.54, 1.807) is 0 Å². The van der Waals surface area contributed by atoms with Crippen LogP contribution in [0.2, 0.25) is 5.02 Å². The van der Waals surface area contributed by atoms with E-state index < -0.39 is 0 Å². The first-order valence-corrected chi connectivity index (χ1v) is 5.94. The van der Waals surface area contributed by atoms with Gasteiger partial charge in [-0.3, -0.25) is 0 Å². The molecule has 0 bridgehead atoms. The molecule has 0 aromatic heterocycles. The minimum Gasteiger partial charge on any atom is -0.397 e. The quantitative estimate of drug-likeness (QED) is 0.779. The Bertz CT molecular complexity index is 363. The Morgan fingerprint density at radius 1 is 1.56 bits per heavy atom. The number of aliphatic hydroxyl groups excluding tert-OH is 1. The van der Waals surface area contributed by atoms with Gasteiger partial charge in [0.1, 0.15) is 0 Å². The van der Waals surface area contributed by atoms with Crippen molar-refractivity contribution in [3.63, 3.8) is 0 Å². The van der Waals surface area contributed by atoms with Crippen LogP contribution >= 0.6 is 11.6 Å². The maximum Gasteiger partial charge on any atom is 0.0792 e. The summed E-state index contributed by atoms with van der Waals surface area (Å²) in [5.41, 5.74) is 7.50. The number of halogens is 1. The van der Waals surface area contributed by atoms with Gasteiger partial charge in [-0.05, 0) is 24.5 Å². The van der Waals surface area contributed by atoms with Gasteiger partial charge in [0.25, 0.3) is 0 Å². The van der Waals surface area contributed by atoms with E-state index in [1.165, 1.54) is 0 Å². The van der Waals surface area contributed by atoms with E-state index in [0.717, 1.165) is 18.7 Å². The van der Waals surface area contributed by atoms with Crippen LogP contribution in [0.15, 0.2) is 18.2 Å². The number of nitrogens with two attached hydrogens (primary N) is 1. The molecule has 1 aromatic rings. The molecule has 2 atom stereocenters. The summed E-state index contributed by atoms with van der Waals surface area (Å²) in [6.45, 7) is 3.19. The number of anilines is 2. The molecule has 3 N–H and O–H groups in total. The fraction of sp³-hybridized carbons (Fsp3) is 0.500. The second kappa shape index (κ2) is 4.52. The Morgan fingerprint density at radius 3 is 2.94 bits per heavy atom. The molecule has 1 aliphatic heterocycles. The van der Waals surface area contributed by atoms with Crippen molar-refractivity contribution in [1.82, 2.24) is 0 Å². The molecule has 0 spiro atoms. The fourth-order valence-electron chi connectivity index (χ4n) is 2.40. The Hall–Kier alpha value is -0.930. The van der Waals surface area contributed by atoms with Crippen molar-refractivity contribution >= 4 is 23.0 Å². The van der Waals surface area contributed by atoms with E-state index in [2.05, 4.69) is 11.8 Å². The van der Waals surface area contributed by atoms with Crippen molar-refractivity contribution in [3.8, 4) is 0 Å². The summed E-state index contributed by atoms with van der Waals surface area (Å²) in [4.78, 5) is 2.13. The van der Waals surface area contributed by atoms with E-state index in [0.29, 0.717) is 16.6 Å². The minimum atomic E-state index is 0.127. The predicted octanol–water partition coefficient (Wildman–Crippen LogP) is 2.13. The molecule has 3 nitrogen and oxygen atoms in total. The molecule has 2 unspecified atom stereocenters. The average molecular weight is 241 g/mol. The molecule has 0 amide bonds. The predicted molar refractivity (Wildman–Crippen MR) is 67.9 cm³/mol. The van der Waals surface area contributed by atoms with Crippen LogP contribution in [0.4, 0.5) is 11.4 Å². The average Bonchev–Trinajstić information content (AvgIpc) is 2.59. The Morgan fingerprint density at radius 2 is 2.31 bits per heavy atom. The highest BCUT2D eigenvalue weighted by Crippen LogP contribution is 2.38. The van der Waals surface area contributed by atoms with Crippen LogP contribution in [0.3, 0.4) is 0 Å². The van der Waals surface area contributed by atoms with E-state index in [-0.39, 0.29) is 12.6 Å². The van der Waals surface area contributed by atoms with Gasteiger partial charge >= 0.3 is 0 Å². The summed E-state index contributed by atoms with van der Waals surface area (Å²) in [5.74, 6) is 0.473. The van der Waals surface area contributed by atoms with Crippen LogP contribution in [0.5, 0.6) is 0 Å². The minimum absolute atomic E-state index is 0.127. The molecule has 0 saturated carbocycles. The number of para-hydroxylation sites is 1. The lowest BCUT2D eigenvalue weighted by Gasteiger charge is -2.29. The third-order valence-corrected chi connectivity index (χ3v) is 3.68. The van der Waals surface area contributed by atoms with E-state index in [9.17, 15) is 5.11 Å². The number of hydrogen-bond donors (Lipinski definition) is 2. The Labute approximate surface area is 101 Å². The highest BCUT2D eigenvalue weighted by molar-refractivity contribution is 6.34. The lowest BCUT2D eigenvalue weighted by Crippen LogP contribution is -2.35. The van der Waals surface area contributed by atoms with E-state index in [4.69, 9.17) is 17.3 Å². The highest BCUT2D eigenvalue weighted by atomic mass is 35.5. The van der Waals surface area contributed by atoms with Crippen molar-refractivity contribution in [3.05, 3.63) is 23.2 Å². The molecule has 88 valence electrons. The molecule has 16 heavy (non-hydrogen) atoms. The monoisotopic (exact) mass is 240 g/mol. The van der Waals surface area contributed by atoms with Crippen LogP contribution in [-0.4, -0.2) is 24.3 Å². The van der Waals surface area contributed by atoms with Gasteiger partial charge < -0.3 is 15.7 Å². The first kappa shape index (κ1) is 11.6. The van der Waals surface area contributed by atoms with Crippen molar-refractivity contribution in [2.45, 2.75) is 19.4 Å². The molecule has 1 aromatic carbocycles. The second-order valence-corrected chi connectivity index (χ2v) is 4.79.